The van der Waals surface area contributed by atoms with Crippen molar-refractivity contribution in [3.63, 3.8) is 0 Å². The van der Waals surface area contributed by atoms with Gasteiger partial charge in [-0.2, -0.15) is 0 Å². The second-order valence-electron chi connectivity index (χ2n) is 3.74. The molecule has 0 spiro atoms. The molecule has 0 aromatic heterocycles. The lowest BCUT2D eigenvalue weighted by Gasteiger charge is -2.08. The quantitative estimate of drug-likeness (QED) is 0.683. The Bertz CT molecular complexity index is 649. The topological polar surface area (TPSA) is 63.6 Å². The van der Waals surface area contributed by atoms with Gasteiger partial charge in [-0.1, -0.05) is 15.9 Å². The van der Waals surface area contributed by atoms with E-state index >= 15 is 0 Å². The number of benzene rings is 2. The molecule has 0 radical (unpaired) electrons. The fourth-order valence-electron chi connectivity index (χ4n) is 1.67. The molecule has 0 aliphatic carbocycles. The van der Waals surface area contributed by atoms with Crippen LogP contribution >= 0.6 is 15.9 Å². The first kappa shape index (κ1) is 12.6. The lowest BCUT2D eigenvalue weighted by atomic mass is 10.1. The van der Waals surface area contributed by atoms with Crippen molar-refractivity contribution < 1.29 is 19.4 Å². The third kappa shape index (κ3) is 2.51. The minimum Gasteiger partial charge on any atom is -0.478 e. The smallest absolute Gasteiger partial charge is 0.335 e. The lowest BCUT2D eigenvalue weighted by Crippen LogP contribution is -2.04. The Labute approximate surface area is 111 Å². The van der Waals surface area contributed by atoms with Crippen molar-refractivity contribution in [2.45, 2.75) is 6.92 Å². The summed E-state index contributed by atoms with van der Waals surface area (Å²) < 4.78 is 5.87. The van der Waals surface area contributed by atoms with E-state index < -0.39 is 11.9 Å². The predicted molar refractivity (Wildman–Crippen MR) is 69.9 cm³/mol. The average Bonchev–Trinajstić information content (AvgIpc) is 2.27. The van der Waals surface area contributed by atoms with E-state index in [2.05, 4.69) is 15.9 Å². The van der Waals surface area contributed by atoms with E-state index in [-0.39, 0.29) is 11.3 Å². The number of hydrogen-bond donors (Lipinski definition) is 1. The first-order valence-electron chi connectivity index (χ1n) is 5.12. The number of carboxylic acid groups (broad SMARTS) is 1. The van der Waals surface area contributed by atoms with Crippen molar-refractivity contribution in [3.05, 3.63) is 40.4 Å². The number of carbonyl (C=O) groups is 2. The zero-order valence-electron chi connectivity index (χ0n) is 9.44. The van der Waals surface area contributed by atoms with Gasteiger partial charge < -0.3 is 9.84 Å². The largest absolute Gasteiger partial charge is 0.478 e. The molecule has 0 saturated carbocycles. The third-order valence-electron chi connectivity index (χ3n) is 2.38. The standard InChI is InChI=1S/C13H9BrO4/c1-7(15)18-12-6-9(13(16)17)4-8-5-10(14)2-3-11(8)12/h2-6H,1H3,(H,16,17). The van der Waals surface area contributed by atoms with E-state index in [0.717, 1.165) is 4.47 Å². The summed E-state index contributed by atoms with van der Waals surface area (Å²) in [6.45, 7) is 1.28. The van der Waals surface area contributed by atoms with Gasteiger partial charge in [-0.05, 0) is 35.7 Å². The van der Waals surface area contributed by atoms with Crippen LogP contribution in [0.5, 0.6) is 5.75 Å². The van der Waals surface area contributed by atoms with Crippen LogP contribution in [0, 0.1) is 0 Å². The highest BCUT2D eigenvalue weighted by Gasteiger charge is 2.11. The Morgan fingerprint density at radius 3 is 2.56 bits per heavy atom. The zero-order valence-corrected chi connectivity index (χ0v) is 11.0. The predicted octanol–water partition coefficient (Wildman–Crippen LogP) is 3.23. The summed E-state index contributed by atoms with van der Waals surface area (Å²) in [5.41, 5.74) is 0.0804. The van der Waals surface area contributed by atoms with Gasteiger partial charge >= 0.3 is 11.9 Å². The van der Waals surface area contributed by atoms with Crippen molar-refractivity contribution in [2.75, 3.05) is 0 Å². The summed E-state index contributed by atoms with van der Waals surface area (Å²) in [7, 11) is 0. The summed E-state index contributed by atoms with van der Waals surface area (Å²) in [6.07, 6.45) is 0. The van der Waals surface area contributed by atoms with Crippen LogP contribution in [0.1, 0.15) is 17.3 Å². The van der Waals surface area contributed by atoms with E-state index in [0.29, 0.717) is 10.8 Å². The van der Waals surface area contributed by atoms with Gasteiger partial charge in [0, 0.05) is 16.8 Å². The Hall–Kier alpha value is -1.88. The maximum absolute atomic E-state index is 11.0. The molecule has 2 aromatic carbocycles. The van der Waals surface area contributed by atoms with Crippen molar-refractivity contribution in [1.29, 1.82) is 0 Å². The number of ether oxygens (including phenoxy) is 1. The molecule has 0 bridgehead atoms. The van der Waals surface area contributed by atoms with Crippen molar-refractivity contribution in [1.82, 2.24) is 0 Å². The first-order chi connectivity index (χ1) is 8.47. The van der Waals surface area contributed by atoms with Crippen LogP contribution in [0.4, 0.5) is 0 Å². The average molecular weight is 309 g/mol. The molecule has 18 heavy (non-hydrogen) atoms. The summed E-state index contributed by atoms with van der Waals surface area (Å²) in [4.78, 5) is 22.0. The van der Waals surface area contributed by atoms with Crippen LogP contribution in [0.25, 0.3) is 10.8 Å². The number of halogens is 1. The van der Waals surface area contributed by atoms with Crippen LogP contribution in [0.2, 0.25) is 0 Å². The fraction of sp³-hybridized carbons (Fsp3) is 0.0769. The van der Waals surface area contributed by atoms with Crippen molar-refractivity contribution in [3.8, 4) is 5.75 Å². The number of fused-ring (bicyclic) bond motifs is 1. The van der Waals surface area contributed by atoms with Gasteiger partial charge in [-0.3, -0.25) is 4.79 Å². The normalized spacial score (nSPS) is 10.3. The van der Waals surface area contributed by atoms with Crippen LogP contribution in [0.15, 0.2) is 34.8 Å². The minimum atomic E-state index is -1.06. The van der Waals surface area contributed by atoms with Crippen LogP contribution in [0.3, 0.4) is 0 Å². The molecule has 0 fully saturated rings. The maximum Gasteiger partial charge on any atom is 0.335 e. The van der Waals surface area contributed by atoms with Gasteiger partial charge in [0.05, 0.1) is 5.56 Å². The molecule has 0 amide bonds. The molecule has 0 saturated heterocycles. The van der Waals surface area contributed by atoms with Crippen molar-refractivity contribution >= 4 is 38.6 Å². The van der Waals surface area contributed by atoms with Gasteiger partial charge in [0.2, 0.25) is 0 Å². The highest BCUT2D eigenvalue weighted by atomic mass is 79.9. The fourth-order valence-corrected chi connectivity index (χ4v) is 2.05. The number of rotatable bonds is 2. The Morgan fingerprint density at radius 1 is 1.22 bits per heavy atom. The summed E-state index contributed by atoms with van der Waals surface area (Å²) in [6, 6.07) is 8.23. The number of carbonyl (C=O) groups excluding carboxylic acids is 1. The minimum absolute atomic E-state index is 0.0804. The van der Waals surface area contributed by atoms with Gasteiger partial charge in [0.25, 0.3) is 0 Å². The molecule has 0 atom stereocenters. The highest BCUT2D eigenvalue weighted by molar-refractivity contribution is 9.10. The molecule has 0 aliphatic heterocycles. The third-order valence-corrected chi connectivity index (χ3v) is 2.87. The number of hydrogen-bond acceptors (Lipinski definition) is 3. The molecule has 2 rings (SSSR count). The molecule has 2 aromatic rings. The van der Waals surface area contributed by atoms with Crippen molar-refractivity contribution in [2.24, 2.45) is 0 Å². The van der Waals surface area contributed by atoms with Crippen LogP contribution in [-0.4, -0.2) is 17.0 Å². The second kappa shape index (κ2) is 4.78. The van der Waals surface area contributed by atoms with Crippen LogP contribution < -0.4 is 4.74 Å². The number of esters is 1. The Balaban J connectivity index is 2.72. The SMILES string of the molecule is CC(=O)Oc1cc(C(=O)O)cc2cc(Br)ccc12. The molecular weight excluding hydrogens is 300 g/mol. The molecule has 4 nitrogen and oxygen atoms in total. The Kier molecular flexibility index (Phi) is 3.34. The lowest BCUT2D eigenvalue weighted by molar-refractivity contribution is -0.131. The van der Waals surface area contributed by atoms with Gasteiger partial charge in [-0.15, -0.1) is 0 Å². The number of aromatic carboxylic acids is 1. The molecule has 0 aliphatic rings. The first-order valence-corrected chi connectivity index (χ1v) is 5.91. The van der Waals surface area contributed by atoms with Crippen LogP contribution in [-0.2, 0) is 4.79 Å². The summed E-state index contributed by atoms with van der Waals surface area (Å²) in [5.74, 6) is -1.29. The maximum atomic E-state index is 11.0. The molecule has 1 N–H and O–H groups in total. The van der Waals surface area contributed by atoms with E-state index in [4.69, 9.17) is 9.84 Å². The van der Waals surface area contributed by atoms with Gasteiger partial charge in [0.1, 0.15) is 5.75 Å². The molecule has 0 heterocycles. The van der Waals surface area contributed by atoms with E-state index in [9.17, 15) is 9.59 Å². The highest BCUT2D eigenvalue weighted by Crippen LogP contribution is 2.30. The second-order valence-corrected chi connectivity index (χ2v) is 4.65. The molecule has 5 heteroatoms. The Morgan fingerprint density at radius 2 is 1.94 bits per heavy atom. The van der Waals surface area contributed by atoms with Gasteiger partial charge in [-0.25, -0.2) is 4.79 Å². The summed E-state index contributed by atoms with van der Waals surface area (Å²) in [5, 5.41) is 10.4. The van der Waals surface area contributed by atoms with Gasteiger partial charge in [0.15, 0.2) is 0 Å². The van der Waals surface area contributed by atoms with E-state index in [1.807, 2.05) is 0 Å². The molecular formula is C13H9BrO4. The number of carboxylic acids is 1. The van der Waals surface area contributed by atoms with E-state index in [1.165, 1.54) is 19.1 Å². The summed E-state index contributed by atoms with van der Waals surface area (Å²) >= 11 is 3.31. The monoisotopic (exact) mass is 308 g/mol. The molecule has 0 unspecified atom stereocenters. The van der Waals surface area contributed by atoms with E-state index in [1.54, 1.807) is 18.2 Å². The molecule has 92 valence electrons. The zero-order chi connectivity index (χ0) is 13.3.